The van der Waals surface area contributed by atoms with Crippen LogP contribution in [0.25, 0.3) is 6.08 Å². The lowest BCUT2D eigenvalue weighted by atomic mass is 10.0. The number of carbonyl (C=O) groups excluding carboxylic acids is 2. The van der Waals surface area contributed by atoms with E-state index in [1.165, 1.54) is 18.1 Å². The Hall–Kier alpha value is -2.90. The second-order valence-electron chi connectivity index (χ2n) is 7.17. The molecule has 162 valence electrons. The minimum Gasteiger partial charge on any atom is -0.493 e. The number of nitrogens with one attached hydrogen (secondary N) is 1. The molecular formula is C23H23ClN2O4S. The van der Waals surface area contributed by atoms with Crippen molar-refractivity contribution in [1.29, 1.82) is 0 Å². The molecule has 6 nitrogen and oxygen atoms in total. The number of ether oxygens (including phenoxy) is 2. The first-order valence-corrected chi connectivity index (χ1v) is 10.6. The van der Waals surface area contributed by atoms with Crippen molar-refractivity contribution in [2.45, 2.75) is 26.7 Å². The van der Waals surface area contributed by atoms with E-state index in [1.807, 2.05) is 31.2 Å². The number of benzene rings is 2. The van der Waals surface area contributed by atoms with Crippen LogP contribution in [0.3, 0.4) is 0 Å². The van der Waals surface area contributed by atoms with Gasteiger partial charge in [0.2, 0.25) is 0 Å². The fourth-order valence-corrected chi connectivity index (χ4v) is 3.73. The molecule has 1 heterocycles. The molecule has 0 aromatic heterocycles. The summed E-state index contributed by atoms with van der Waals surface area (Å²) < 4.78 is 10.9. The number of hydrogen-bond donors (Lipinski definition) is 1. The van der Waals surface area contributed by atoms with Crippen LogP contribution in [0.4, 0.5) is 5.69 Å². The number of anilines is 1. The predicted octanol–water partition coefficient (Wildman–Crippen LogP) is 4.70. The molecule has 1 aliphatic rings. The lowest BCUT2D eigenvalue weighted by molar-refractivity contribution is -0.122. The molecule has 1 N–H and O–H groups in total. The number of halogens is 1. The molecule has 0 radical (unpaired) electrons. The number of nitrogens with zero attached hydrogens (tertiary/aromatic N) is 1. The van der Waals surface area contributed by atoms with E-state index >= 15 is 0 Å². The van der Waals surface area contributed by atoms with E-state index in [0.717, 1.165) is 5.56 Å². The third kappa shape index (κ3) is 4.73. The molecule has 31 heavy (non-hydrogen) atoms. The van der Waals surface area contributed by atoms with Gasteiger partial charge in [0, 0.05) is 0 Å². The maximum Gasteiger partial charge on any atom is 0.270 e. The van der Waals surface area contributed by atoms with Crippen LogP contribution in [-0.2, 0) is 9.59 Å². The summed E-state index contributed by atoms with van der Waals surface area (Å²) in [6.45, 7) is 6.42. The van der Waals surface area contributed by atoms with E-state index in [4.69, 9.17) is 33.3 Å². The normalized spacial score (nSPS) is 15.5. The minimum absolute atomic E-state index is 0.0340. The van der Waals surface area contributed by atoms with Gasteiger partial charge < -0.3 is 9.47 Å². The number of hydrogen-bond acceptors (Lipinski definition) is 5. The highest BCUT2D eigenvalue weighted by Crippen LogP contribution is 2.37. The van der Waals surface area contributed by atoms with Crippen LogP contribution in [0.5, 0.6) is 11.5 Å². The lowest BCUT2D eigenvalue weighted by Crippen LogP contribution is -2.54. The number of amides is 2. The summed E-state index contributed by atoms with van der Waals surface area (Å²) in [5.74, 6) is 0.0689. The van der Waals surface area contributed by atoms with Crippen molar-refractivity contribution in [2.24, 2.45) is 0 Å². The van der Waals surface area contributed by atoms with Gasteiger partial charge in [-0.3, -0.25) is 19.8 Å². The topological polar surface area (TPSA) is 67.9 Å². The molecular weight excluding hydrogens is 436 g/mol. The average Bonchev–Trinajstić information content (AvgIpc) is 2.73. The van der Waals surface area contributed by atoms with Gasteiger partial charge in [0.05, 0.1) is 24.4 Å². The van der Waals surface area contributed by atoms with Crippen molar-refractivity contribution in [3.05, 3.63) is 58.1 Å². The van der Waals surface area contributed by atoms with Crippen LogP contribution in [0.15, 0.2) is 42.0 Å². The molecule has 8 heteroatoms. The monoisotopic (exact) mass is 458 g/mol. The zero-order valence-electron chi connectivity index (χ0n) is 17.7. The summed E-state index contributed by atoms with van der Waals surface area (Å²) in [5, 5.41) is 2.93. The summed E-state index contributed by atoms with van der Waals surface area (Å²) >= 11 is 11.6. The Morgan fingerprint density at radius 3 is 2.45 bits per heavy atom. The number of methoxy groups -OCH3 is 1. The van der Waals surface area contributed by atoms with Crippen molar-refractivity contribution in [3.63, 3.8) is 0 Å². The molecule has 3 rings (SSSR count). The Balaban J connectivity index is 2.00. The maximum atomic E-state index is 13.2. The Morgan fingerprint density at radius 1 is 1.19 bits per heavy atom. The Bertz CT molecular complexity index is 1060. The Kier molecular flexibility index (Phi) is 6.97. The lowest BCUT2D eigenvalue weighted by Gasteiger charge is -2.29. The van der Waals surface area contributed by atoms with Gasteiger partial charge in [0.1, 0.15) is 5.57 Å². The van der Waals surface area contributed by atoms with E-state index in [1.54, 1.807) is 12.1 Å². The van der Waals surface area contributed by atoms with Gasteiger partial charge in [-0.15, -0.1) is 0 Å². The number of rotatable bonds is 6. The van der Waals surface area contributed by atoms with E-state index in [9.17, 15) is 9.59 Å². The average molecular weight is 459 g/mol. The zero-order valence-corrected chi connectivity index (χ0v) is 19.3. The van der Waals surface area contributed by atoms with E-state index in [2.05, 4.69) is 19.2 Å². The van der Waals surface area contributed by atoms with Crippen molar-refractivity contribution < 1.29 is 19.1 Å². The highest BCUT2D eigenvalue weighted by molar-refractivity contribution is 7.80. The van der Waals surface area contributed by atoms with Gasteiger partial charge in [0.15, 0.2) is 16.6 Å². The molecule has 1 fully saturated rings. The highest BCUT2D eigenvalue weighted by Gasteiger charge is 2.34. The largest absolute Gasteiger partial charge is 0.493 e. The van der Waals surface area contributed by atoms with Crippen LogP contribution in [0.2, 0.25) is 5.02 Å². The van der Waals surface area contributed by atoms with E-state index in [0.29, 0.717) is 40.3 Å². The number of thiocarbonyl (C=S) groups is 1. The fourth-order valence-electron chi connectivity index (χ4n) is 3.17. The third-order valence-corrected chi connectivity index (χ3v) is 5.34. The quantitative estimate of drug-likeness (QED) is 0.386. The van der Waals surface area contributed by atoms with Gasteiger partial charge in [-0.05, 0) is 66.5 Å². The van der Waals surface area contributed by atoms with Crippen molar-refractivity contribution >= 4 is 52.5 Å². The van der Waals surface area contributed by atoms with Crippen LogP contribution in [0.1, 0.15) is 37.8 Å². The van der Waals surface area contributed by atoms with E-state index in [-0.39, 0.29) is 10.7 Å². The molecule has 0 aliphatic carbocycles. The zero-order chi connectivity index (χ0) is 22.7. The van der Waals surface area contributed by atoms with Crippen LogP contribution in [-0.4, -0.2) is 30.6 Å². The maximum absolute atomic E-state index is 13.2. The van der Waals surface area contributed by atoms with Crippen molar-refractivity contribution in [2.75, 3.05) is 18.6 Å². The van der Waals surface area contributed by atoms with E-state index < -0.39 is 11.8 Å². The first kappa shape index (κ1) is 22.8. The fraction of sp³-hybridized carbons (Fsp3) is 0.261. The van der Waals surface area contributed by atoms with Crippen molar-refractivity contribution in [3.8, 4) is 11.5 Å². The molecule has 2 aromatic rings. The molecule has 0 bridgehead atoms. The predicted molar refractivity (Wildman–Crippen MR) is 126 cm³/mol. The van der Waals surface area contributed by atoms with Gasteiger partial charge >= 0.3 is 0 Å². The molecule has 0 spiro atoms. The molecule has 1 aliphatic heterocycles. The summed E-state index contributed by atoms with van der Waals surface area (Å²) in [4.78, 5) is 27.1. The Labute approximate surface area is 191 Å². The van der Waals surface area contributed by atoms with Crippen LogP contribution >= 0.6 is 23.8 Å². The highest BCUT2D eigenvalue weighted by atomic mass is 35.5. The van der Waals surface area contributed by atoms with Gasteiger partial charge in [-0.1, -0.05) is 37.6 Å². The van der Waals surface area contributed by atoms with Crippen LogP contribution in [0, 0.1) is 0 Å². The second-order valence-corrected chi connectivity index (χ2v) is 7.97. The van der Waals surface area contributed by atoms with Gasteiger partial charge in [-0.2, -0.15) is 0 Å². The summed E-state index contributed by atoms with van der Waals surface area (Å²) in [6, 6.07) is 10.8. The first-order chi connectivity index (χ1) is 14.8. The standard InChI is InChI=1S/C23H23ClN2O4S/c1-5-30-20-18(24)11-14(12-19(20)29-4)10-17-21(27)25-23(31)26(22(17)28)16-8-6-15(7-9-16)13(2)3/h6-13H,5H2,1-4H3,(H,25,27,31). The smallest absolute Gasteiger partial charge is 0.270 e. The summed E-state index contributed by atoms with van der Waals surface area (Å²) in [6.07, 6.45) is 1.46. The molecule has 2 amide bonds. The van der Waals surface area contributed by atoms with Crippen molar-refractivity contribution in [1.82, 2.24) is 5.32 Å². The third-order valence-electron chi connectivity index (χ3n) is 4.77. The first-order valence-electron chi connectivity index (χ1n) is 9.78. The molecule has 0 atom stereocenters. The Morgan fingerprint density at radius 2 is 1.87 bits per heavy atom. The summed E-state index contributed by atoms with van der Waals surface area (Å²) in [7, 11) is 1.49. The van der Waals surface area contributed by atoms with Gasteiger partial charge in [-0.25, -0.2) is 0 Å². The minimum atomic E-state index is -0.575. The SMILES string of the molecule is CCOc1c(Cl)cc(C=C2C(=O)NC(=S)N(c3ccc(C(C)C)cc3)C2=O)cc1OC. The van der Waals surface area contributed by atoms with Crippen LogP contribution < -0.4 is 19.7 Å². The molecule has 2 aromatic carbocycles. The molecule has 0 saturated carbocycles. The second kappa shape index (κ2) is 9.49. The molecule has 0 unspecified atom stereocenters. The molecule has 1 saturated heterocycles. The number of carbonyl (C=O) groups is 2. The van der Waals surface area contributed by atoms with Gasteiger partial charge in [0.25, 0.3) is 11.8 Å². The summed E-state index contributed by atoms with van der Waals surface area (Å²) in [5.41, 5.74) is 2.17.